The molecule has 0 unspecified atom stereocenters. The number of nitrogens with one attached hydrogen (secondary N) is 1. The first kappa shape index (κ1) is 26.6. The highest BCUT2D eigenvalue weighted by Gasteiger charge is 2.38. The van der Waals surface area contributed by atoms with Crippen molar-refractivity contribution in [3.63, 3.8) is 0 Å². The molecule has 0 amide bonds. The maximum absolute atomic E-state index is 13.0. The number of hydrogen-bond acceptors (Lipinski definition) is 6. The van der Waals surface area contributed by atoms with Crippen LogP contribution >= 0.6 is 11.6 Å². The zero-order valence-electron chi connectivity index (χ0n) is 18.2. The second kappa shape index (κ2) is 9.79. The fourth-order valence-electron chi connectivity index (χ4n) is 3.16. The second-order valence-electron chi connectivity index (χ2n) is 7.43. The van der Waals surface area contributed by atoms with Gasteiger partial charge in [-0.05, 0) is 36.4 Å². The number of sulfonamides is 1. The van der Waals surface area contributed by atoms with Crippen LogP contribution in [0, 0.1) is 0 Å². The Balaban J connectivity index is 1.48. The van der Waals surface area contributed by atoms with Crippen LogP contribution in [-0.2, 0) is 22.4 Å². The number of alkyl halides is 6. The average Bonchev–Trinajstić information content (AvgIpc) is 3.24. The highest BCUT2D eigenvalue weighted by molar-refractivity contribution is 7.89. The molecule has 2 heterocycles. The van der Waals surface area contributed by atoms with Gasteiger partial charge in [0.05, 0.1) is 21.0 Å². The molecule has 16 heteroatoms. The van der Waals surface area contributed by atoms with E-state index in [1.54, 1.807) is 24.3 Å². The smallest absolute Gasteiger partial charge is 0.416 e. The largest absolute Gasteiger partial charge is 0.475 e. The van der Waals surface area contributed by atoms with Gasteiger partial charge in [-0.15, -0.1) is 15.3 Å². The maximum Gasteiger partial charge on any atom is 0.416 e. The minimum atomic E-state index is -5.19. The molecular weight excluding hydrogens is 552 g/mol. The number of halogens is 7. The van der Waals surface area contributed by atoms with Gasteiger partial charge in [0, 0.05) is 18.2 Å². The van der Waals surface area contributed by atoms with Crippen LogP contribution in [0.1, 0.15) is 11.1 Å². The lowest BCUT2D eigenvalue weighted by atomic mass is 10.1. The molecule has 0 aliphatic rings. The molecule has 8 nitrogen and oxygen atoms in total. The molecule has 0 saturated heterocycles. The standard InChI is InChI=1S/C21H14ClF6N5O3S/c22-16-4-2-1-3-15(16)19-31-30-17-5-6-18(32-33(17)19)36-8-7-29-37(34,35)14-10-12(20(23,24)25)9-13(11-14)21(26,27)28/h1-6,9-11,29H,7-8H2. The summed E-state index contributed by atoms with van der Waals surface area (Å²) >= 11 is 6.19. The summed E-state index contributed by atoms with van der Waals surface area (Å²) in [7, 11) is -4.74. The van der Waals surface area contributed by atoms with Crippen molar-refractivity contribution >= 4 is 27.3 Å². The molecule has 1 N–H and O–H groups in total. The third-order valence-electron chi connectivity index (χ3n) is 4.87. The molecule has 4 rings (SSSR count). The van der Waals surface area contributed by atoms with E-state index in [0.717, 1.165) is 0 Å². The molecule has 0 aliphatic heterocycles. The molecular formula is C21H14ClF6N5O3S. The van der Waals surface area contributed by atoms with Crippen molar-refractivity contribution in [2.45, 2.75) is 17.2 Å². The number of nitrogens with zero attached hydrogens (tertiary/aromatic N) is 4. The van der Waals surface area contributed by atoms with E-state index in [9.17, 15) is 34.8 Å². The Morgan fingerprint density at radius 1 is 0.919 bits per heavy atom. The molecule has 2 aromatic carbocycles. The van der Waals surface area contributed by atoms with Crippen molar-refractivity contribution < 1.29 is 39.5 Å². The Kier molecular flexibility index (Phi) is 7.05. The van der Waals surface area contributed by atoms with Crippen LogP contribution in [0.2, 0.25) is 5.02 Å². The zero-order valence-corrected chi connectivity index (χ0v) is 19.8. The number of ether oxygens (including phenoxy) is 1. The summed E-state index contributed by atoms with van der Waals surface area (Å²) in [5.74, 6) is 0.315. The van der Waals surface area contributed by atoms with Gasteiger partial charge in [0.15, 0.2) is 11.5 Å². The lowest BCUT2D eigenvalue weighted by Crippen LogP contribution is -2.29. The van der Waals surface area contributed by atoms with Crippen molar-refractivity contribution in [2.24, 2.45) is 0 Å². The van der Waals surface area contributed by atoms with Gasteiger partial charge < -0.3 is 4.74 Å². The summed E-state index contributed by atoms with van der Waals surface area (Å²) in [6.07, 6.45) is -10.4. The molecule has 0 radical (unpaired) electrons. The van der Waals surface area contributed by atoms with Gasteiger partial charge in [-0.2, -0.15) is 30.9 Å². The average molecular weight is 566 g/mol. The summed E-state index contributed by atoms with van der Waals surface area (Å²) in [5, 5.41) is 12.6. The molecule has 196 valence electrons. The van der Waals surface area contributed by atoms with Crippen molar-refractivity contribution in [1.29, 1.82) is 0 Å². The van der Waals surface area contributed by atoms with E-state index in [2.05, 4.69) is 15.3 Å². The predicted octanol–water partition coefficient (Wildman–Crippen LogP) is 4.84. The predicted molar refractivity (Wildman–Crippen MR) is 118 cm³/mol. The minimum absolute atomic E-state index is 0.0122. The molecule has 0 fully saturated rings. The molecule has 0 atom stereocenters. The summed E-state index contributed by atoms with van der Waals surface area (Å²) in [6, 6.07) is 9.81. The fourth-order valence-corrected chi connectivity index (χ4v) is 4.46. The minimum Gasteiger partial charge on any atom is -0.475 e. The normalized spacial score (nSPS) is 12.7. The van der Waals surface area contributed by atoms with E-state index in [1.165, 1.54) is 16.6 Å². The number of hydrogen-bond donors (Lipinski definition) is 1. The van der Waals surface area contributed by atoms with Crippen molar-refractivity contribution in [2.75, 3.05) is 13.2 Å². The van der Waals surface area contributed by atoms with Crippen LogP contribution in [0.5, 0.6) is 5.88 Å². The van der Waals surface area contributed by atoms with Crippen molar-refractivity contribution in [1.82, 2.24) is 24.5 Å². The molecule has 0 saturated carbocycles. The van der Waals surface area contributed by atoms with E-state index >= 15 is 0 Å². The van der Waals surface area contributed by atoms with Gasteiger partial charge in [-0.1, -0.05) is 23.7 Å². The van der Waals surface area contributed by atoms with E-state index in [-0.39, 0.29) is 30.7 Å². The monoisotopic (exact) mass is 565 g/mol. The number of rotatable bonds is 7. The van der Waals surface area contributed by atoms with Gasteiger partial charge in [0.1, 0.15) is 6.61 Å². The Morgan fingerprint density at radius 3 is 2.19 bits per heavy atom. The second-order valence-corrected chi connectivity index (χ2v) is 9.61. The Morgan fingerprint density at radius 2 is 1.57 bits per heavy atom. The highest BCUT2D eigenvalue weighted by atomic mass is 35.5. The van der Waals surface area contributed by atoms with Gasteiger partial charge >= 0.3 is 12.4 Å². The maximum atomic E-state index is 13.0. The molecule has 2 aromatic heterocycles. The lowest BCUT2D eigenvalue weighted by molar-refractivity contribution is -0.143. The van der Waals surface area contributed by atoms with Crippen LogP contribution < -0.4 is 9.46 Å². The van der Waals surface area contributed by atoms with Gasteiger partial charge in [0.2, 0.25) is 15.9 Å². The van der Waals surface area contributed by atoms with Crippen LogP contribution in [0.25, 0.3) is 17.0 Å². The highest BCUT2D eigenvalue weighted by Crippen LogP contribution is 2.37. The first-order valence-electron chi connectivity index (χ1n) is 10.1. The van der Waals surface area contributed by atoms with E-state index in [4.69, 9.17) is 16.3 Å². The van der Waals surface area contributed by atoms with Crippen molar-refractivity contribution in [3.8, 4) is 17.3 Å². The third kappa shape index (κ3) is 5.94. The first-order valence-corrected chi connectivity index (χ1v) is 12.0. The van der Waals surface area contributed by atoms with Gasteiger partial charge in [-0.3, -0.25) is 0 Å². The Labute approximate surface area is 209 Å². The summed E-state index contributed by atoms with van der Waals surface area (Å²) in [4.78, 5) is -1.19. The van der Waals surface area contributed by atoms with Crippen molar-refractivity contribution in [3.05, 3.63) is 70.7 Å². The fraction of sp³-hybridized carbons (Fsp3) is 0.190. The summed E-state index contributed by atoms with van der Waals surface area (Å²) < 4.78 is 112. The zero-order chi connectivity index (χ0) is 27.0. The SMILES string of the molecule is O=S(=O)(NCCOc1ccc2nnc(-c3ccccc3Cl)n2n1)c1cc(C(F)(F)F)cc(C(F)(F)F)c1. The molecule has 0 spiro atoms. The van der Waals surface area contributed by atoms with Crippen LogP contribution in [0.3, 0.4) is 0 Å². The molecule has 0 aliphatic carbocycles. The Hall–Kier alpha value is -3.43. The topological polar surface area (TPSA) is 98.5 Å². The molecule has 0 bridgehead atoms. The molecule has 37 heavy (non-hydrogen) atoms. The summed E-state index contributed by atoms with van der Waals surface area (Å²) in [6.45, 7) is -0.842. The van der Waals surface area contributed by atoms with Gasteiger partial charge in [0.25, 0.3) is 0 Å². The number of fused-ring (bicyclic) bond motifs is 1. The summed E-state index contributed by atoms with van der Waals surface area (Å²) in [5.41, 5.74) is -2.61. The van der Waals surface area contributed by atoms with E-state index in [1.807, 2.05) is 4.72 Å². The first-order chi connectivity index (χ1) is 17.3. The van der Waals surface area contributed by atoms with Gasteiger partial charge in [-0.25, -0.2) is 13.1 Å². The molecule has 4 aromatic rings. The Bertz CT molecular complexity index is 1520. The lowest BCUT2D eigenvalue weighted by Gasteiger charge is -2.15. The third-order valence-corrected chi connectivity index (χ3v) is 6.64. The number of benzene rings is 2. The van der Waals surface area contributed by atoms with Crippen LogP contribution in [0.4, 0.5) is 26.3 Å². The van der Waals surface area contributed by atoms with Crippen LogP contribution in [0.15, 0.2) is 59.5 Å². The van der Waals surface area contributed by atoms with E-state index < -0.39 is 44.9 Å². The van der Waals surface area contributed by atoms with Crippen LogP contribution in [-0.4, -0.2) is 41.4 Å². The van der Waals surface area contributed by atoms with E-state index in [0.29, 0.717) is 22.1 Å². The quantitative estimate of drug-likeness (QED) is 0.254. The number of aromatic nitrogens is 4.